The van der Waals surface area contributed by atoms with E-state index in [4.69, 9.17) is 0 Å². The smallest absolute Gasteiger partial charge is 0.550 e. The van der Waals surface area contributed by atoms with E-state index in [9.17, 15) is 25.2 Å². The van der Waals surface area contributed by atoms with Crippen molar-refractivity contribution >= 4 is 5.97 Å². The summed E-state index contributed by atoms with van der Waals surface area (Å²) in [5.41, 5.74) is -0.172. The van der Waals surface area contributed by atoms with Crippen LogP contribution in [0.25, 0.3) is 0 Å². The Morgan fingerprint density at radius 3 is 2.39 bits per heavy atom. The summed E-state index contributed by atoms with van der Waals surface area (Å²) < 4.78 is 0. The Kier molecular flexibility index (Phi) is 8.79. The predicted molar refractivity (Wildman–Crippen MR) is 111 cm³/mol. The molecule has 6 nitrogen and oxygen atoms in total. The van der Waals surface area contributed by atoms with Gasteiger partial charge in [0.05, 0.1) is 18.3 Å². The molecular weight excluding hydrogens is 407 g/mol. The van der Waals surface area contributed by atoms with Crippen molar-refractivity contribution in [2.75, 3.05) is 0 Å². The summed E-state index contributed by atoms with van der Waals surface area (Å²) >= 11 is 0. The normalized spacial score (nSPS) is 49.5. The molecule has 0 spiro atoms. The molecule has 0 aromatic rings. The van der Waals surface area contributed by atoms with Gasteiger partial charge in [0, 0.05) is 5.97 Å². The molecule has 0 radical (unpaired) electrons. The van der Waals surface area contributed by atoms with E-state index in [0.717, 1.165) is 44.9 Å². The average molecular weight is 449 g/mol. The average Bonchev–Trinajstić information content (AvgIpc) is 3.01. The Labute approximate surface area is 208 Å². The van der Waals surface area contributed by atoms with Crippen LogP contribution >= 0.6 is 0 Å². The summed E-state index contributed by atoms with van der Waals surface area (Å²) in [4.78, 5) is 11.0. The van der Waals surface area contributed by atoms with E-state index in [1.807, 2.05) is 0 Å². The Balaban J connectivity index is 0.00000171. The van der Waals surface area contributed by atoms with Crippen LogP contribution in [0.1, 0.15) is 78.6 Å². The van der Waals surface area contributed by atoms with Gasteiger partial charge in [-0.25, -0.2) is 0 Å². The topological polar surface area (TPSA) is 132 Å². The third-order valence-electron chi connectivity index (χ3n) is 10.3. The zero-order valence-corrected chi connectivity index (χ0v) is 21.7. The number of aliphatic hydroxyl groups excluding tert-OH is 3. The number of carboxylic acids is 1. The number of aliphatic hydroxyl groups is 3. The number of carboxylic acid groups (broad SMARTS) is 1. The molecule has 11 unspecified atom stereocenters. The standard InChI is InChI=1S/C24H40O5.Na.H2O/c1-13(4-7-21(28)29)16-5-6-17-22-18(12-20(27)24(16,17)3)23(2)9-8-15(25)10-14(23)11-19(22)26;;/h13-20,22,25-27H,4-12H2,1-3H3,(H,28,29);;1H2/q;+1;/p-1. The van der Waals surface area contributed by atoms with E-state index in [1.165, 1.54) is 0 Å². The Morgan fingerprint density at radius 2 is 1.74 bits per heavy atom. The minimum Gasteiger partial charge on any atom is -0.550 e. The van der Waals surface area contributed by atoms with Crippen molar-refractivity contribution in [3.63, 3.8) is 0 Å². The summed E-state index contributed by atoms with van der Waals surface area (Å²) in [7, 11) is 0. The number of hydrogen-bond acceptors (Lipinski definition) is 5. The van der Waals surface area contributed by atoms with Crippen LogP contribution in [0.4, 0.5) is 0 Å². The van der Waals surface area contributed by atoms with Crippen LogP contribution in [0.15, 0.2) is 0 Å². The summed E-state index contributed by atoms with van der Waals surface area (Å²) in [6, 6.07) is 0. The zero-order valence-electron chi connectivity index (χ0n) is 19.7. The van der Waals surface area contributed by atoms with Gasteiger partial charge >= 0.3 is 29.6 Å². The second kappa shape index (κ2) is 9.89. The van der Waals surface area contributed by atoms with Crippen LogP contribution in [0, 0.1) is 46.3 Å². The molecule has 4 fully saturated rings. The van der Waals surface area contributed by atoms with Gasteiger partial charge < -0.3 is 30.7 Å². The number of carbonyl (C=O) groups excluding carboxylic acids is 1. The van der Waals surface area contributed by atoms with Gasteiger partial charge in [-0.3, -0.25) is 0 Å². The Morgan fingerprint density at radius 1 is 1.06 bits per heavy atom. The summed E-state index contributed by atoms with van der Waals surface area (Å²) in [5.74, 6) is 0.635. The van der Waals surface area contributed by atoms with Crippen molar-refractivity contribution in [1.82, 2.24) is 0 Å². The van der Waals surface area contributed by atoms with E-state index >= 15 is 0 Å². The Bertz CT molecular complexity index is 646. The molecular formula is C24H41NaO6. The van der Waals surface area contributed by atoms with Crippen molar-refractivity contribution < 1.29 is 60.3 Å². The number of carbonyl (C=O) groups is 1. The largest absolute Gasteiger partial charge is 1.00 e. The minimum atomic E-state index is -0.998. The van der Waals surface area contributed by atoms with Gasteiger partial charge in [0.1, 0.15) is 0 Å². The Hall–Kier alpha value is 0.310. The first-order chi connectivity index (χ1) is 13.6. The van der Waals surface area contributed by atoms with Crippen LogP contribution in [-0.2, 0) is 4.79 Å². The summed E-state index contributed by atoms with van der Waals surface area (Å²) in [5, 5.41) is 43.9. The summed E-state index contributed by atoms with van der Waals surface area (Å²) in [6.45, 7) is 6.67. The van der Waals surface area contributed by atoms with Crippen LogP contribution in [0.5, 0.6) is 0 Å². The third-order valence-corrected chi connectivity index (χ3v) is 10.3. The first kappa shape index (κ1) is 27.6. The first-order valence-corrected chi connectivity index (χ1v) is 11.8. The fraction of sp³-hybridized carbons (Fsp3) is 0.958. The molecule has 0 heterocycles. The van der Waals surface area contributed by atoms with Crippen LogP contribution < -0.4 is 34.7 Å². The molecule has 4 aliphatic carbocycles. The molecule has 0 saturated heterocycles. The molecule has 0 aromatic carbocycles. The molecule has 4 saturated carbocycles. The maximum absolute atomic E-state index is 11.5. The molecule has 0 amide bonds. The maximum Gasteiger partial charge on any atom is 1.00 e. The second-order valence-electron chi connectivity index (χ2n) is 11.4. The zero-order chi connectivity index (χ0) is 21.1. The minimum absolute atomic E-state index is 0. The van der Waals surface area contributed by atoms with Crippen molar-refractivity contribution in [3.05, 3.63) is 0 Å². The molecule has 0 bridgehead atoms. The molecule has 7 heteroatoms. The molecule has 31 heavy (non-hydrogen) atoms. The van der Waals surface area contributed by atoms with Crippen molar-refractivity contribution in [3.8, 4) is 0 Å². The number of fused-ring (bicyclic) bond motifs is 5. The molecule has 174 valence electrons. The van der Waals surface area contributed by atoms with Gasteiger partial charge in [0.15, 0.2) is 0 Å². The van der Waals surface area contributed by atoms with Gasteiger partial charge in [0.25, 0.3) is 0 Å². The van der Waals surface area contributed by atoms with Crippen molar-refractivity contribution in [1.29, 1.82) is 0 Å². The molecule has 0 aliphatic heterocycles. The van der Waals surface area contributed by atoms with Crippen LogP contribution in [0.3, 0.4) is 0 Å². The van der Waals surface area contributed by atoms with Crippen molar-refractivity contribution in [2.24, 2.45) is 46.3 Å². The van der Waals surface area contributed by atoms with Gasteiger partial charge in [-0.1, -0.05) is 20.8 Å². The third kappa shape index (κ3) is 4.40. The van der Waals surface area contributed by atoms with Gasteiger partial charge in [-0.05, 0) is 104 Å². The predicted octanol–water partition coefficient (Wildman–Crippen LogP) is -1.71. The maximum atomic E-state index is 11.5. The second-order valence-corrected chi connectivity index (χ2v) is 11.4. The van der Waals surface area contributed by atoms with E-state index in [1.54, 1.807) is 0 Å². The molecule has 11 atom stereocenters. The van der Waals surface area contributed by atoms with E-state index < -0.39 is 12.1 Å². The van der Waals surface area contributed by atoms with Crippen molar-refractivity contribution in [2.45, 2.75) is 96.9 Å². The molecule has 0 aromatic heterocycles. The van der Waals surface area contributed by atoms with Gasteiger partial charge in [-0.15, -0.1) is 0 Å². The summed E-state index contributed by atoms with van der Waals surface area (Å²) in [6.07, 6.45) is 5.72. The molecule has 4 aliphatic rings. The monoisotopic (exact) mass is 448 g/mol. The van der Waals surface area contributed by atoms with Crippen LogP contribution in [-0.4, -0.2) is 45.1 Å². The SMILES string of the molecule is CC(CCC(=O)[O-])C1CCC2C3C(O)CC4CC(O)CCC4(C)C3CC(O)C12C.O.[Na+]. The van der Waals surface area contributed by atoms with E-state index in [0.29, 0.717) is 18.3 Å². The number of rotatable bonds is 4. The number of aliphatic carboxylic acids is 1. The fourth-order valence-corrected chi connectivity index (χ4v) is 8.68. The van der Waals surface area contributed by atoms with E-state index in [-0.39, 0.29) is 88.2 Å². The number of hydrogen-bond donors (Lipinski definition) is 3. The first-order valence-electron chi connectivity index (χ1n) is 11.8. The molecule has 4 rings (SSSR count). The quantitative estimate of drug-likeness (QED) is 0.441. The molecule has 5 N–H and O–H groups in total. The fourth-order valence-electron chi connectivity index (χ4n) is 8.68. The van der Waals surface area contributed by atoms with Gasteiger partial charge in [-0.2, -0.15) is 0 Å². The van der Waals surface area contributed by atoms with Crippen LogP contribution in [0.2, 0.25) is 0 Å². The van der Waals surface area contributed by atoms with E-state index in [2.05, 4.69) is 20.8 Å². The van der Waals surface area contributed by atoms with Gasteiger partial charge in [0.2, 0.25) is 0 Å².